The molecule has 3 N–H and O–H groups in total. The lowest BCUT2D eigenvalue weighted by Crippen LogP contribution is -2.52. The number of amides is 1. The number of nitrogens with zero attached hydrogens (tertiary/aromatic N) is 5. The first-order valence-corrected chi connectivity index (χ1v) is 6.80. The monoisotopic (exact) mass is 287 g/mol. The van der Waals surface area contributed by atoms with Crippen molar-refractivity contribution >= 4 is 11.7 Å². The van der Waals surface area contributed by atoms with Crippen LogP contribution in [0.4, 0.5) is 5.82 Å². The lowest BCUT2D eigenvalue weighted by Gasteiger charge is -2.34. The van der Waals surface area contributed by atoms with E-state index in [1.165, 1.54) is 0 Å². The Labute approximate surface area is 122 Å². The van der Waals surface area contributed by atoms with Crippen molar-refractivity contribution in [2.24, 2.45) is 5.73 Å². The van der Waals surface area contributed by atoms with Gasteiger partial charge >= 0.3 is 0 Å². The molecule has 0 radical (unpaired) electrons. The van der Waals surface area contributed by atoms with E-state index in [-0.39, 0.29) is 11.9 Å². The van der Waals surface area contributed by atoms with Crippen LogP contribution < -0.4 is 16.0 Å². The second-order valence-electron chi connectivity index (χ2n) is 4.95. The van der Waals surface area contributed by atoms with Crippen LogP contribution in [0, 0.1) is 0 Å². The van der Waals surface area contributed by atoms with Crippen LogP contribution in [0.1, 0.15) is 6.42 Å². The van der Waals surface area contributed by atoms with E-state index in [1.807, 2.05) is 6.07 Å². The number of carbonyl (C=O) groups is 1. The van der Waals surface area contributed by atoms with Crippen molar-refractivity contribution in [1.82, 2.24) is 24.8 Å². The molecule has 1 fully saturated rings. The SMILES string of the molecule is NC(=O)CC1CN(c2ccnc(-n3ccnc3)n2)CCN1. The van der Waals surface area contributed by atoms with E-state index in [9.17, 15) is 4.79 Å². The Morgan fingerprint density at radius 1 is 1.48 bits per heavy atom. The van der Waals surface area contributed by atoms with E-state index in [1.54, 1.807) is 29.5 Å². The third kappa shape index (κ3) is 3.16. The zero-order chi connectivity index (χ0) is 14.7. The standard InChI is InChI=1S/C13H17N7O/c14-11(21)7-10-8-19(6-4-16-10)12-1-2-17-13(18-12)20-5-3-15-9-20/h1-3,5,9-10,16H,4,6-8H2,(H2,14,21). The molecule has 8 heteroatoms. The first-order valence-electron chi connectivity index (χ1n) is 6.80. The van der Waals surface area contributed by atoms with Crippen molar-refractivity contribution in [3.8, 4) is 5.95 Å². The molecule has 110 valence electrons. The molecule has 0 aromatic carbocycles. The number of rotatable bonds is 4. The molecule has 21 heavy (non-hydrogen) atoms. The zero-order valence-corrected chi connectivity index (χ0v) is 11.5. The maximum Gasteiger partial charge on any atom is 0.236 e. The molecular formula is C13H17N7O. The molecule has 2 aromatic rings. The van der Waals surface area contributed by atoms with Crippen LogP contribution in [0.3, 0.4) is 0 Å². The molecule has 1 atom stereocenters. The smallest absolute Gasteiger partial charge is 0.236 e. The summed E-state index contributed by atoms with van der Waals surface area (Å²) in [6, 6.07) is 1.93. The normalized spacial score (nSPS) is 18.7. The van der Waals surface area contributed by atoms with Gasteiger partial charge in [-0.1, -0.05) is 0 Å². The average Bonchev–Trinajstić information content (AvgIpc) is 3.01. The van der Waals surface area contributed by atoms with Crippen molar-refractivity contribution in [3.05, 3.63) is 31.0 Å². The number of nitrogens with one attached hydrogen (secondary N) is 1. The van der Waals surface area contributed by atoms with Crippen molar-refractivity contribution in [1.29, 1.82) is 0 Å². The summed E-state index contributed by atoms with van der Waals surface area (Å²) in [5.41, 5.74) is 5.26. The molecule has 1 amide bonds. The lowest BCUT2D eigenvalue weighted by molar-refractivity contribution is -0.118. The third-order valence-corrected chi connectivity index (χ3v) is 3.39. The Morgan fingerprint density at radius 3 is 3.14 bits per heavy atom. The summed E-state index contributed by atoms with van der Waals surface area (Å²) in [7, 11) is 0. The number of primary amides is 1. The van der Waals surface area contributed by atoms with Crippen LogP contribution >= 0.6 is 0 Å². The van der Waals surface area contributed by atoms with E-state index in [0.29, 0.717) is 18.9 Å². The van der Waals surface area contributed by atoms with Gasteiger partial charge in [0, 0.05) is 50.7 Å². The van der Waals surface area contributed by atoms with Crippen molar-refractivity contribution in [2.75, 3.05) is 24.5 Å². The van der Waals surface area contributed by atoms with Gasteiger partial charge in [-0.15, -0.1) is 0 Å². The van der Waals surface area contributed by atoms with Gasteiger partial charge in [0.15, 0.2) is 0 Å². The molecule has 0 aliphatic carbocycles. The fourth-order valence-corrected chi connectivity index (χ4v) is 2.43. The predicted octanol–water partition coefficient (Wildman–Crippen LogP) is -0.684. The van der Waals surface area contributed by atoms with Gasteiger partial charge in [0.25, 0.3) is 0 Å². The zero-order valence-electron chi connectivity index (χ0n) is 11.5. The van der Waals surface area contributed by atoms with Gasteiger partial charge in [-0.25, -0.2) is 9.97 Å². The fourth-order valence-electron chi connectivity index (χ4n) is 2.43. The van der Waals surface area contributed by atoms with Crippen LogP contribution in [-0.4, -0.2) is 51.1 Å². The first kappa shape index (κ1) is 13.5. The second kappa shape index (κ2) is 5.88. The minimum Gasteiger partial charge on any atom is -0.370 e. The topological polar surface area (TPSA) is 102 Å². The number of hydrogen-bond acceptors (Lipinski definition) is 6. The summed E-state index contributed by atoms with van der Waals surface area (Å²) in [5.74, 6) is 1.12. The van der Waals surface area contributed by atoms with Crippen LogP contribution in [0.2, 0.25) is 0 Å². The van der Waals surface area contributed by atoms with Crippen molar-refractivity contribution in [3.63, 3.8) is 0 Å². The van der Waals surface area contributed by atoms with E-state index >= 15 is 0 Å². The minimum atomic E-state index is -0.295. The average molecular weight is 287 g/mol. The predicted molar refractivity (Wildman–Crippen MR) is 77.0 cm³/mol. The highest BCUT2D eigenvalue weighted by Gasteiger charge is 2.22. The van der Waals surface area contributed by atoms with Gasteiger partial charge in [0.1, 0.15) is 12.1 Å². The molecule has 0 spiro atoms. The molecular weight excluding hydrogens is 270 g/mol. The van der Waals surface area contributed by atoms with Crippen molar-refractivity contribution < 1.29 is 4.79 Å². The number of aromatic nitrogens is 4. The van der Waals surface area contributed by atoms with Crippen LogP contribution in [0.25, 0.3) is 5.95 Å². The third-order valence-electron chi connectivity index (χ3n) is 3.39. The maximum atomic E-state index is 11.0. The molecule has 1 aliphatic heterocycles. The number of imidazole rings is 1. The highest BCUT2D eigenvalue weighted by atomic mass is 16.1. The van der Waals surface area contributed by atoms with E-state index in [2.05, 4.69) is 25.2 Å². The molecule has 1 aliphatic rings. The van der Waals surface area contributed by atoms with Crippen LogP contribution in [0.15, 0.2) is 31.0 Å². The lowest BCUT2D eigenvalue weighted by atomic mass is 10.1. The Bertz CT molecular complexity index is 613. The summed E-state index contributed by atoms with van der Waals surface area (Å²) in [5, 5.41) is 3.29. The second-order valence-corrected chi connectivity index (χ2v) is 4.95. The number of carbonyl (C=O) groups excluding carboxylic acids is 1. The summed E-state index contributed by atoms with van der Waals surface area (Å²) < 4.78 is 1.76. The minimum absolute atomic E-state index is 0.0583. The van der Waals surface area contributed by atoms with E-state index in [0.717, 1.165) is 18.9 Å². The molecule has 3 heterocycles. The molecule has 3 rings (SSSR count). The van der Waals surface area contributed by atoms with Gasteiger partial charge in [0.05, 0.1) is 0 Å². The number of nitrogens with two attached hydrogens (primary N) is 1. The fraction of sp³-hybridized carbons (Fsp3) is 0.385. The summed E-state index contributed by atoms with van der Waals surface area (Å²) >= 11 is 0. The molecule has 0 saturated carbocycles. The summed E-state index contributed by atoms with van der Waals surface area (Å²) in [4.78, 5) is 26.0. The molecule has 1 saturated heterocycles. The Balaban J connectivity index is 1.77. The molecule has 1 unspecified atom stereocenters. The first-order chi connectivity index (χ1) is 10.2. The summed E-state index contributed by atoms with van der Waals surface area (Å²) in [6.07, 6.45) is 7.20. The van der Waals surface area contributed by atoms with Gasteiger partial charge in [-0.2, -0.15) is 4.98 Å². The number of piperazine rings is 1. The van der Waals surface area contributed by atoms with E-state index < -0.39 is 0 Å². The Kier molecular flexibility index (Phi) is 3.78. The number of hydrogen-bond donors (Lipinski definition) is 2. The van der Waals surface area contributed by atoms with Gasteiger partial charge in [0.2, 0.25) is 11.9 Å². The molecule has 8 nitrogen and oxygen atoms in total. The number of anilines is 1. The van der Waals surface area contributed by atoms with Gasteiger partial charge in [-0.05, 0) is 6.07 Å². The highest BCUT2D eigenvalue weighted by Crippen LogP contribution is 2.14. The van der Waals surface area contributed by atoms with Gasteiger partial charge < -0.3 is 16.0 Å². The van der Waals surface area contributed by atoms with Crippen molar-refractivity contribution in [2.45, 2.75) is 12.5 Å². The Morgan fingerprint density at radius 2 is 2.38 bits per heavy atom. The molecule has 2 aromatic heterocycles. The largest absolute Gasteiger partial charge is 0.370 e. The quantitative estimate of drug-likeness (QED) is 0.772. The van der Waals surface area contributed by atoms with E-state index in [4.69, 9.17) is 5.73 Å². The van der Waals surface area contributed by atoms with Crippen LogP contribution in [-0.2, 0) is 4.79 Å². The highest BCUT2D eigenvalue weighted by molar-refractivity contribution is 5.74. The van der Waals surface area contributed by atoms with Gasteiger partial charge in [-0.3, -0.25) is 9.36 Å². The summed E-state index contributed by atoms with van der Waals surface area (Å²) in [6.45, 7) is 2.32. The maximum absolute atomic E-state index is 11.0. The van der Waals surface area contributed by atoms with Crippen LogP contribution in [0.5, 0.6) is 0 Å². The molecule has 0 bridgehead atoms. The Hall–Kier alpha value is -2.48.